The number of methoxy groups -OCH3 is 3. The van der Waals surface area contributed by atoms with Crippen molar-refractivity contribution in [3.8, 4) is 11.5 Å². The molecule has 154 valence electrons. The molecule has 0 N–H and O–H groups in total. The minimum atomic E-state index is -0.274. The number of ether oxygens (including phenoxy) is 4. The van der Waals surface area contributed by atoms with Crippen LogP contribution in [0.15, 0.2) is 18.2 Å². The highest BCUT2D eigenvalue weighted by molar-refractivity contribution is 5.79. The molecule has 0 saturated carbocycles. The van der Waals surface area contributed by atoms with Gasteiger partial charge in [0, 0.05) is 18.8 Å². The molecule has 2 aliphatic rings. The van der Waals surface area contributed by atoms with Crippen molar-refractivity contribution < 1.29 is 28.5 Å². The number of nitrogens with zero attached hydrogens (tertiary/aromatic N) is 1. The molecule has 4 atom stereocenters. The molecule has 2 aliphatic heterocycles. The van der Waals surface area contributed by atoms with E-state index in [-0.39, 0.29) is 42.4 Å². The number of esters is 1. The van der Waals surface area contributed by atoms with E-state index in [9.17, 15) is 9.59 Å². The van der Waals surface area contributed by atoms with Gasteiger partial charge in [0.05, 0.1) is 34.0 Å². The van der Waals surface area contributed by atoms with Crippen LogP contribution in [0, 0.1) is 11.8 Å². The van der Waals surface area contributed by atoms with Crippen molar-refractivity contribution in [1.82, 2.24) is 4.90 Å². The third-order valence-corrected chi connectivity index (χ3v) is 5.87. The van der Waals surface area contributed by atoms with Crippen LogP contribution >= 0.6 is 0 Å². The van der Waals surface area contributed by atoms with E-state index in [1.165, 1.54) is 7.11 Å². The van der Waals surface area contributed by atoms with Crippen LogP contribution in [-0.2, 0) is 25.5 Å². The zero-order chi connectivity index (χ0) is 20.3. The fraction of sp³-hybridized carbons (Fsp3) is 0.619. The van der Waals surface area contributed by atoms with E-state index < -0.39 is 0 Å². The lowest BCUT2D eigenvalue weighted by molar-refractivity contribution is -0.156. The molecule has 0 spiro atoms. The van der Waals surface area contributed by atoms with Crippen molar-refractivity contribution >= 4 is 11.9 Å². The fourth-order valence-electron chi connectivity index (χ4n) is 4.46. The van der Waals surface area contributed by atoms with Crippen LogP contribution in [0.4, 0.5) is 0 Å². The van der Waals surface area contributed by atoms with Gasteiger partial charge < -0.3 is 23.8 Å². The normalized spacial score (nSPS) is 26.7. The van der Waals surface area contributed by atoms with Crippen molar-refractivity contribution in [3.05, 3.63) is 23.8 Å². The number of hydrogen-bond donors (Lipinski definition) is 0. The van der Waals surface area contributed by atoms with Crippen molar-refractivity contribution in [1.29, 1.82) is 0 Å². The van der Waals surface area contributed by atoms with Crippen molar-refractivity contribution in [2.45, 2.75) is 44.9 Å². The lowest BCUT2D eigenvalue weighted by atomic mass is 9.79. The number of piperidine rings is 1. The van der Waals surface area contributed by atoms with Gasteiger partial charge in [-0.1, -0.05) is 13.0 Å². The summed E-state index contributed by atoms with van der Waals surface area (Å²) in [4.78, 5) is 26.5. The third kappa shape index (κ3) is 3.94. The van der Waals surface area contributed by atoms with Gasteiger partial charge in [-0.2, -0.15) is 0 Å². The Morgan fingerprint density at radius 3 is 2.61 bits per heavy atom. The average molecular weight is 391 g/mol. The molecular formula is C21H29NO6. The molecule has 2 fully saturated rings. The standard InChI is InChI=1S/C21H29NO6/c1-5-16-14(11-20(24)27-4)10-19(23)22-15(12-28-21(16)22)8-13-6-7-17(25-2)18(9-13)26-3/h6-7,9,14-16,21H,5,8,10-12H2,1-4H3/t14-,15-,16-,21+/m0/s1. The largest absolute Gasteiger partial charge is 0.493 e. The molecule has 0 unspecified atom stereocenters. The van der Waals surface area contributed by atoms with E-state index in [0.29, 0.717) is 30.9 Å². The quantitative estimate of drug-likeness (QED) is 0.665. The van der Waals surface area contributed by atoms with Crippen LogP contribution in [0.5, 0.6) is 11.5 Å². The van der Waals surface area contributed by atoms with E-state index in [4.69, 9.17) is 18.9 Å². The maximum Gasteiger partial charge on any atom is 0.305 e. The zero-order valence-corrected chi connectivity index (χ0v) is 17.0. The second-order valence-electron chi connectivity index (χ2n) is 7.39. The van der Waals surface area contributed by atoms with Crippen LogP contribution in [0.2, 0.25) is 0 Å². The number of hydrogen-bond acceptors (Lipinski definition) is 6. The van der Waals surface area contributed by atoms with E-state index in [0.717, 1.165) is 12.0 Å². The Balaban J connectivity index is 1.75. The van der Waals surface area contributed by atoms with E-state index >= 15 is 0 Å². The minimum Gasteiger partial charge on any atom is -0.493 e. The number of benzene rings is 1. The van der Waals surface area contributed by atoms with Gasteiger partial charge in [-0.25, -0.2) is 0 Å². The number of fused-ring (bicyclic) bond motifs is 1. The first kappa shape index (κ1) is 20.5. The first-order valence-electron chi connectivity index (χ1n) is 9.72. The third-order valence-electron chi connectivity index (χ3n) is 5.87. The summed E-state index contributed by atoms with van der Waals surface area (Å²) < 4.78 is 21.5. The van der Waals surface area contributed by atoms with Crippen molar-refractivity contribution in [3.63, 3.8) is 0 Å². The summed E-state index contributed by atoms with van der Waals surface area (Å²) in [5.74, 6) is 1.22. The fourth-order valence-corrected chi connectivity index (χ4v) is 4.46. The number of carbonyl (C=O) groups excluding carboxylic acids is 2. The Morgan fingerprint density at radius 1 is 1.21 bits per heavy atom. The van der Waals surface area contributed by atoms with Gasteiger partial charge in [-0.3, -0.25) is 9.59 Å². The topological polar surface area (TPSA) is 74.3 Å². The van der Waals surface area contributed by atoms with Crippen molar-refractivity contribution in [2.75, 3.05) is 27.9 Å². The zero-order valence-electron chi connectivity index (χ0n) is 17.0. The van der Waals surface area contributed by atoms with Crippen LogP contribution in [-0.4, -0.2) is 57.0 Å². The highest BCUT2D eigenvalue weighted by Gasteiger charge is 2.48. The summed E-state index contributed by atoms with van der Waals surface area (Å²) in [5.41, 5.74) is 1.06. The van der Waals surface area contributed by atoms with Gasteiger partial charge in [0.25, 0.3) is 0 Å². The smallest absolute Gasteiger partial charge is 0.305 e. The Labute approximate surface area is 165 Å². The minimum absolute atomic E-state index is 0.0243. The second kappa shape index (κ2) is 8.82. The van der Waals surface area contributed by atoms with Gasteiger partial charge in [-0.15, -0.1) is 0 Å². The predicted octanol–water partition coefficient (Wildman–Crippen LogP) is 2.41. The summed E-state index contributed by atoms with van der Waals surface area (Å²) in [6.07, 6.45) is 1.87. The summed E-state index contributed by atoms with van der Waals surface area (Å²) in [5, 5.41) is 0. The number of amides is 1. The highest BCUT2D eigenvalue weighted by Crippen LogP contribution is 2.40. The first-order chi connectivity index (χ1) is 13.5. The molecule has 2 saturated heterocycles. The van der Waals surface area contributed by atoms with Gasteiger partial charge in [0.15, 0.2) is 11.5 Å². The molecular weight excluding hydrogens is 362 g/mol. The van der Waals surface area contributed by atoms with Gasteiger partial charge in [0.1, 0.15) is 6.23 Å². The molecule has 3 rings (SSSR count). The predicted molar refractivity (Wildman–Crippen MR) is 102 cm³/mol. The van der Waals surface area contributed by atoms with Crippen LogP contribution < -0.4 is 9.47 Å². The van der Waals surface area contributed by atoms with E-state index in [2.05, 4.69) is 6.92 Å². The molecule has 2 heterocycles. The maximum atomic E-state index is 12.9. The SMILES string of the molecule is CC[C@H]1[C@H](CC(=O)OC)CC(=O)N2[C@@H](Cc3ccc(OC)c(OC)c3)CO[C@H]12. The molecule has 1 amide bonds. The van der Waals surface area contributed by atoms with Crippen LogP contribution in [0.1, 0.15) is 31.7 Å². The second-order valence-corrected chi connectivity index (χ2v) is 7.39. The van der Waals surface area contributed by atoms with Gasteiger partial charge in [-0.05, 0) is 36.5 Å². The van der Waals surface area contributed by atoms with Gasteiger partial charge >= 0.3 is 5.97 Å². The van der Waals surface area contributed by atoms with E-state index in [1.807, 2.05) is 23.1 Å². The number of rotatable bonds is 7. The molecule has 28 heavy (non-hydrogen) atoms. The summed E-state index contributed by atoms with van der Waals surface area (Å²) in [6, 6.07) is 5.78. The van der Waals surface area contributed by atoms with E-state index in [1.54, 1.807) is 14.2 Å². The molecule has 7 heteroatoms. The van der Waals surface area contributed by atoms with Crippen LogP contribution in [0.3, 0.4) is 0 Å². The molecule has 1 aromatic rings. The Morgan fingerprint density at radius 2 is 1.96 bits per heavy atom. The van der Waals surface area contributed by atoms with Crippen LogP contribution in [0.25, 0.3) is 0 Å². The maximum absolute atomic E-state index is 12.9. The average Bonchev–Trinajstić information content (AvgIpc) is 3.12. The molecule has 0 radical (unpaired) electrons. The first-order valence-corrected chi connectivity index (χ1v) is 9.72. The highest BCUT2D eigenvalue weighted by atomic mass is 16.5. The molecule has 0 aliphatic carbocycles. The van der Waals surface area contributed by atoms with Crippen molar-refractivity contribution in [2.24, 2.45) is 11.8 Å². The number of carbonyl (C=O) groups is 2. The Kier molecular flexibility index (Phi) is 6.44. The molecule has 1 aromatic carbocycles. The lowest BCUT2D eigenvalue weighted by Gasteiger charge is -2.41. The Hall–Kier alpha value is -2.28. The lowest BCUT2D eigenvalue weighted by Crippen LogP contribution is -2.52. The molecule has 0 bridgehead atoms. The monoisotopic (exact) mass is 391 g/mol. The Bertz CT molecular complexity index is 721. The van der Waals surface area contributed by atoms with Gasteiger partial charge in [0.2, 0.25) is 5.91 Å². The summed E-state index contributed by atoms with van der Waals surface area (Å²) >= 11 is 0. The molecule has 7 nitrogen and oxygen atoms in total. The molecule has 0 aromatic heterocycles. The summed E-state index contributed by atoms with van der Waals surface area (Å²) in [7, 11) is 4.60. The summed E-state index contributed by atoms with van der Waals surface area (Å²) in [6.45, 7) is 2.57.